The predicted octanol–water partition coefficient (Wildman–Crippen LogP) is 5.44. The van der Waals surface area contributed by atoms with Gasteiger partial charge < -0.3 is 19.8 Å². The topological polar surface area (TPSA) is 94.1 Å². The molecule has 0 aliphatic carbocycles. The molecule has 0 saturated heterocycles. The maximum atomic E-state index is 14.0. The summed E-state index contributed by atoms with van der Waals surface area (Å²) in [6.45, 7) is 0. The van der Waals surface area contributed by atoms with Crippen LogP contribution in [0.4, 0.5) is 14.5 Å². The molecule has 0 aliphatic heterocycles. The van der Waals surface area contributed by atoms with Crippen molar-refractivity contribution in [3.05, 3.63) is 78.5 Å². The molecular formula is C26H21F2N5O3S. The van der Waals surface area contributed by atoms with E-state index < -0.39 is 17.5 Å². The summed E-state index contributed by atoms with van der Waals surface area (Å²) in [5, 5.41) is 12.6. The second kappa shape index (κ2) is 10.3. The van der Waals surface area contributed by atoms with E-state index in [1.165, 1.54) is 6.07 Å². The van der Waals surface area contributed by atoms with Crippen LogP contribution in [0.3, 0.4) is 0 Å². The Morgan fingerprint density at radius 3 is 2.68 bits per heavy atom. The number of nitrogens with zero attached hydrogens (tertiary/aromatic N) is 3. The lowest BCUT2D eigenvalue weighted by Crippen LogP contribution is -2.15. The fraction of sp³-hybridized carbons (Fsp3) is 0.115. The third kappa shape index (κ3) is 4.85. The normalized spacial score (nSPS) is 11.0. The molecule has 5 rings (SSSR count). The zero-order chi connectivity index (χ0) is 25.9. The Kier molecular flexibility index (Phi) is 6.78. The van der Waals surface area contributed by atoms with Crippen molar-refractivity contribution in [3.63, 3.8) is 0 Å². The van der Waals surface area contributed by atoms with Crippen LogP contribution >= 0.6 is 11.8 Å². The van der Waals surface area contributed by atoms with Gasteiger partial charge >= 0.3 is 0 Å². The number of carbonyl (C=O) groups excluding carboxylic acids is 1. The van der Waals surface area contributed by atoms with Crippen LogP contribution in [0.25, 0.3) is 28.0 Å². The molecule has 11 heteroatoms. The van der Waals surface area contributed by atoms with Crippen molar-refractivity contribution in [2.75, 3.05) is 25.3 Å². The molecule has 0 saturated carbocycles. The molecule has 3 aromatic carbocycles. The number of halogens is 2. The standard InChI is InChI=1S/C26H21F2N5O3S/c1-35-16-8-10-23(36-2)22(12-16)33-25(18-13-29-20-6-4-3-5-17(18)20)31-32-26(33)37-14-24(34)30-21-9-7-15(27)11-19(21)28/h3-13,29H,14H2,1-2H3,(H,30,34). The summed E-state index contributed by atoms with van der Waals surface area (Å²) in [6.07, 6.45) is 1.84. The molecule has 1 amide bonds. The first kappa shape index (κ1) is 24.3. The number of rotatable bonds is 8. The van der Waals surface area contributed by atoms with E-state index in [1.807, 2.05) is 30.5 Å². The summed E-state index contributed by atoms with van der Waals surface area (Å²) in [6, 6.07) is 16.1. The van der Waals surface area contributed by atoms with E-state index in [1.54, 1.807) is 37.0 Å². The fourth-order valence-corrected chi connectivity index (χ4v) is 4.64. The predicted molar refractivity (Wildman–Crippen MR) is 137 cm³/mol. The monoisotopic (exact) mass is 521 g/mol. The SMILES string of the molecule is COc1ccc(OC)c(-n2c(SCC(=O)Nc3ccc(F)cc3F)nnc2-c2c[nH]c3ccccc23)c1. The molecule has 188 valence electrons. The van der Waals surface area contributed by atoms with E-state index in [2.05, 4.69) is 20.5 Å². The first-order valence-corrected chi connectivity index (χ1v) is 12.1. The first-order chi connectivity index (χ1) is 18.0. The fourth-order valence-electron chi connectivity index (χ4n) is 3.89. The molecule has 0 fully saturated rings. The van der Waals surface area contributed by atoms with Gasteiger partial charge in [0.15, 0.2) is 11.0 Å². The highest BCUT2D eigenvalue weighted by molar-refractivity contribution is 7.99. The summed E-state index contributed by atoms with van der Waals surface area (Å²) in [5.41, 5.74) is 2.24. The summed E-state index contributed by atoms with van der Waals surface area (Å²) >= 11 is 1.11. The Labute approximate surface area is 214 Å². The maximum absolute atomic E-state index is 14.0. The Balaban J connectivity index is 1.53. The molecule has 0 bridgehead atoms. The van der Waals surface area contributed by atoms with Crippen LogP contribution in [0.2, 0.25) is 0 Å². The van der Waals surface area contributed by atoms with Gasteiger partial charge in [0.05, 0.1) is 31.3 Å². The lowest BCUT2D eigenvalue weighted by atomic mass is 10.1. The van der Waals surface area contributed by atoms with Crippen molar-refractivity contribution in [1.29, 1.82) is 0 Å². The maximum Gasteiger partial charge on any atom is 0.234 e. The van der Waals surface area contributed by atoms with E-state index in [9.17, 15) is 13.6 Å². The van der Waals surface area contributed by atoms with Gasteiger partial charge in [-0.25, -0.2) is 8.78 Å². The van der Waals surface area contributed by atoms with Gasteiger partial charge in [-0.3, -0.25) is 9.36 Å². The van der Waals surface area contributed by atoms with Crippen LogP contribution in [-0.4, -0.2) is 45.6 Å². The number of carbonyl (C=O) groups is 1. The third-order valence-electron chi connectivity index (χ3n) is 5.63. The number of thioether (sulfide) groups is 1. The first-order valence-electron chi connectivity index (χ1n) is 11.1. The number of anilines is 1. The van der Waals surface area contributed by atoms with E-state index in [-0.39, 0.29) is 11.4 Å². The molecule has 0 aliphatic rings. The van der Waals surface area contributed by atoms with Crippen LogP contribution in [0.5, 0.6) is 11.5 Å². The number of aromatic nitrogens is 4. The van der Waals surface area contributed by atoms with Crippen molar-refractivity contribution < 1.29 is 23.0 Å². The molecule has 5 aromatic rings. The van der Waals surface area contributed by atoms with Gasteiger partial charge in [0.2, 0.25) is 5.91 Å². The number of H-pyrrole nitrogens is 1. The average molecular weight is 522 g/mol. The molecular weight excluding hydrogens is 500 g/mol. The molecule has 37 heavy (non-hydrogen) atoms. The molecule has 0 radical (unpaired) electrons. The van der Waals surface area contributed by atoms with Crippen LogP contribution in [0, 0.1) is 11.6 Å². The smallest absolute Gasteiger partial charge is 0.234 e. The van der Waals surface area contributed by atoms with Crippen LogP contribution in [0.15, 0.2) is 72.0 Å². The second-order valence-corrected chi connectivity index (χ2v) is 8.83. The van der Waals surface area contributed by atoms with Crippen LogP contribution in [0.1, 0.15) is 0 Å². The van der Waals surface area contributed by atoms with Gasteiger partial charge in [0, 0.05) is 34.8 Å². The number of hydrogen-bond acceptors (Lipinski definition) is 6. The number of para-hydroxylation sites is 1. The van der Waals surface area contributed by atoms with Gasteiger partial charge in [-0.05, 0) is 30.3 Å². The van der Waals surface area contributed by atoms with Gasteiger partial charge in [-0.1, -0.05) is 30.0 Å². The molecule has 2 heterocycles. The van der Waals surface area contributed by atoms with Crippen molar-refractivity contribution in [1.82, 2.24) is 19.7 Å². The summed E-state index contributed by atoms with van der Waals surface area (Å²) in [7, 11) is 3.12. The number of fused-ring (bicyclic) bond motifs is 1. The number of nitrogens with one attached hydrogen (secondary N) is 2. The summed E-state index contributed by atoms with van der Waals surface area (Å²) in [4.78, 5) is 15.8. The Bertz CT molecular complexity index is 1600. The van der Waals surface area contributed by atoms with Crippen molar-refractivity contribution in [2.24, 2.45) is 0 Å². The quantitative estimate of drug-likeness (QED) is 0.264. The number of methoxy groups -OCH3 is 2. The van der Waals surface area contributed by atoms with Crippen molar-refractivity contribution in [3.8, 4) is 28.6 Å². The largest absolute Gasteiger partial charge is 0.497 e. The minimum absolute atomic E-state index is 0.102. The Morgan fingerprint density at radius 2 is 1.89 bits per heavy atom. The van der Waals surface area contributed by atoms with Crippen molar-refractivity contribution in [2.45, 2.75) is 5.16 Å². The number of aromatic amines is 1. The lowest BCUT2D eigenvalue weighted by Gasteiger charge is -2.15. The third-order valence-corrected chi connectivity index (χ3v) is 6.56. The molecule has 0 unspecified atom stereocenters. The van der Waals surface area contributed by atoms with Gasteiger partial charge in [-0.2, -0.15) is 0 Å². The number of ether oxygens (including phenoxy) is 2. The molecule has 2 N–H and O–H groups in total. The van der Waals surface area contributed by atoms with E-state index >= 15 is 0 Å². The second-order valence-electron chi connectivity index (χ2n) is 7.89. The van der Waals surface area contributed by atoms with Crippen LogP contribution in [-0.2, 0) is 4.79 Å². The van der Waals surface area contributed by atoms with E-state index in [4.69, 9.17) is 9.47 Å². The van der Waals surface area contributed by atoms with Crippen LogP contribution < -0.4 is 14.8 Å². The number of amides is 1. The summed E-state index contributed by atoms with van der Waals surface area (Å²) < 4.78 is 40.0. The molecule has 0 atom stereocenters. The van der Waals surface area contributed by atoms with Gasteiger partial charge in [-0.15, -0.1) is 10.2 Å². The van der Waals surface area contributed by atoms with Gasteiger partial charge in [0.25, 0.3) is 0 Å². The highest BCUT2D eigenvalue weighted by Crippen LogP contribution is 2.37. The number of hydrogen-bond donors (Lipinski definition) is 2. The molecule has 0 spiro atoms. The van der Waals surface area contributed by atoms with E-state index in [0.717, 1.165) is 34.3 Å². The number of benzene rings is 3. The minimum Gasteiger partial charge on any atom is -0.497 e. The zero-order valence-electron chi connectivity index (χ0n) is 19.8. The Morgan fingerprint density at radius 1 is 1.05 bits per heavy atom. The Hall–Kier alpha value is -4.38. The summed E-state index contributed by atoms with van der Waals surface area (Å²) in [5.74, 6) is -0.516. The highest BCUT2D eigenvalue weighted by atomic mass is 32.2. The molecule has 8 nitrogen and oxygen atoms in total. The van der Waals surface area contributed by atoms with Gasteiger partial charge in [0.1, 0.15) is 23.1 Å². The average Bonchev–Trinajstić information content (AvgIpc) is 3.52. The zero-order valence-corrected chi connectivity index (χ0v) is 20.6. The highest BCUT2D eigenvalue weighted by Gasteiger charge is 2.22. The van der Waals surface area contributed by atoms with E-state index in [0.29, 0.717) is 34.2 Å². The minimum atomic E-state index is -0.857. The van der Waals surface area contributed by atoms with Crippen molar-refractivity contribution >= 4 is 34.3 Å². The lowest BCUT2D eigenvalue weighted by molar-refractivity contribution is -0.113. The molecule has 2 aromatic heterocycles.